The van der Waals surface area contributed by atoms with Crippen molar-refractivity contribution in [3.8, 4) is 5.75 Å². The standard InChI is InChI=1S/C25H27FN4O4S/c1-33-20-6-7-22-21(15-20)27-25(35-22)29(9-8-28-10-12-34-13-11-28)24(32)17-14-23(31)30(16-17)19-4-2-18(26)3-5-19/h2-7,15,17H,8-14,16H2,1H3. The Kier molecular flexibility index (Phi) is 6.94. The summed E-state index contributed by atoms with van der Waals surface area (Å²) in [5, 5.41) is 0.610. The van der Waals surface area contributed by atoms with Crippen molar-refractivity contribution in [3.05, 3.63) is 48.3 Å². The van der Waals surface area contributed by atoms with Crippen LogP contribution in [0.25, 0.3) is 10.2 Å². The molecule has 2 saturated heterocycles. The number of carbonyl (C=O) groups is 2. The molecule has 0 N–H and O–H groups in total. The Bertz CT molecular complexity index is 1210. The highest BCUT2D eigenvalue weighted by atomic mass is 32.1. The van der Waals surface area contributed by atoms with Gasteiger partial charge in [-0.2, -0.15) is 0 Å². The van der Waals surface area contributed by atoms with E-state index in [1.54, 1.807) is 29.0 Å². The highest BCUT2D eigenvalue weighted by Gasteiger charge is 2.38. The van der Waals surface area contributed by atoms with Gasteiger partial charge in [0.05, 0.1) is 36.5 Å². The lowest BCUT2D eigenvalue weighted by molar-refractivity contribution is -0.124. The molecule has 2 aliphatic heterocycles. The molecule has 0 bridgehead atoms. The first kappa shape index (κ1) is 23.7. The molecule has 35 heavy (non-hydrogen) atoms. The van der Waals surface area contributed by atoms with Gasteiger partial charge in [-0.1, -0.05) is 11.3 Å². The number of hydrogen-bond donors (Lipinski definition) is 0. The van der Waals surface area contributed by atoms with Gasteiger partial charge in [-0.15, -0.1) is 0 Å². The summed E-state index contributed by atoms with van der Waals surface area (Å²) in [4.78, 5) is 36.8. The molecule has 1 aromatic heterocycles. The van der Waals surface area contributed by atoms with E-state index >= 15 is 0 Å². The zero-order valence-corrected chi connectivity index (χ0v) is 20.3. The van der Waals surface area contributed by atoms with E-state index < -0.39 is 5.92 Å². The summed E-state index contributed by atoms with van der Waals surface area (Å²) >= 11 is 1.45. The van der Waals surface area contributed by atoms with Crippen LogP contribution in [0.15, 0.2) is 42.5 Å². The van der Waals surface area contributed by atoms with E-state index in [9.17, 15) is 14.0 Å². The van der Waals surface area contributed by atoms with Crippen molar-refractivity contribution in [2.24, 2.45) is 5.92 Å². The smallest absolute Gasteiger partial charge is 0.234 e. The minimum atomic E-state index is -0.501. The van der Waals surface area contributed by atoms with Crippen LogP contribution < -0.4 is 14.5 Å². The third-order valence-electron chi connectivity index (χ3n) is 6.44. The number of benzene rings is 2. The lowest BCUT2D eigenvalue weighted by atomic mass is 10.1. The summed E-state index contributed by atoms with van der Waals surface area (Å²) in [5.41, 5.74) is 1.36. The summed E-state index contributed by atoms with van der Waals surface area (Å²) in [6.07, 6.45) is 0.114. The number of halogens is 1. The molecule has 10 heteroatoms. The lowest BCUT2D eigenvalue weighted by Gasteiger charge is -2.30. The van der Waals surface area contributed by atoms with Gasteiger partial charge in [-0.25, -0.2) is 9.37 Å². The molecule has 184 valence electrons. The van der Waals surface area contributed by atoms with Gasteiger partial charge in [0, 0.05) is 50.9 Å². The second-order valence-electron chi connectivity index (χ2n) is 8.66. The Hall–Kier alpha value is -3.08. The van der Waals surface area contributed by atoms with Crippen LogP contribution in [0, 0.1) is 11.7 Å². The Labute approximate surface area is 206 Å². The van der Waals surface area contributed by atoms with Crippen molar-refractivity contribution in [3.63, 3.8) is 0 Å². The van der Waals surface area contributed by atoms with E-state index in [1.807, 2.05) is 18.2 Å². The number of rotatable bonds is 7. The van der Waals surface area contributed by atoms with Gasteiger partial charge in [0.1, 0.15) is 11.6 Å². The highest BCUT2D eigenvalue weighted by Crippen LogP contribution is 2.33. The van der Waals surface area contributed by atoms with Crippen molar-refractivity contribution in [1.29, 1.82) is 0 Å². The molecule has 0 radical (unpaired) electrons. The van der Waals surface area contributed by atoms with Crippen LogP contribution in [-0.2, 0) is 14.3 Å². The number of aromatic nitrogens is 1. The number of ether oxygens (including phenoxy) is 2. The Morgan fingerprint density at radius 3 is 2.74 bits per heavy atom. The fourth-order valence-corrected chi connectivity index (χ4v) is 5.45. The van der Waals surface area contributed by atoms with Gasteiger partial charge >= 0.3 is 0 Å². The summed E-state index contributed by atoms with van der Waals surface area (Å²) in [7, 11) is 1.61. The monoisotopic (exact) mass is 498 g/mol. The maximum absolute atomic E-state index is 13.8. The summed E-state index contributed by atoms with van der Waals surface area (Å²) < 4.78 is 25.1. The molecule has 0 spiro atoms. The molecule has 2 aliphatic rings. The van der Waals surface area contributed by atoms with Crippen molar-refractivity contribution in [1.82, 2.24) is 9.88 Å². The number of fused-ring (bicyclic) bond motifs is 1. The van der Waals surface area contributed by atoms with Gasteiger partial charge in [-0.3, -0.25) is 19.4 Å². The average molecular weight is 499 g/mol. The van der Waals surface area contributed by atoms with Crippen LogP contribution in [0.1, 0.15) is 6.42 Å². The molecule has 3 heterocycles. The SMILES string of the molecule is COc1ccc2sc(N(CCN3CCOCC3)C(=O)C3CC(=O)N(c4ccc(F)cc4)C3)nc2c1. The van der Waals surface area contributed by atoms with Crippen molar-refractivity contribution in [2.45, 2.75) is 6.42 Å². The van der Waals surface area contributed by atoms with Crippen LogP contribution in [0.3, 0.4) is 0 Å². The third-order valence-corrected chi connectivity index (χ3v) is 7.50. The molecular formula is C25H27FN4O4S. The van der Waals surface area contributed by atoms with Crippen LogP contribution in [0.5, 0.6) is 5.75 Å². The van der Waals surface area contributed by atoms with Crippen molar-refractivity contribution < 1.29 is 23.5 Å². The average Bonchev–Trinajstić information content (AvgIpc) is 3.48. The van der Waals surface area contributed by atoms with Crippen LogP contribution in [0.4, 0.5) is 15.2 Å². The quantitative estimate of drug-likeness (QED) is 0.498. The normalized spacial score (nSPS) is 18.9. The predicted octanol–water partition coefficient (Wildman–Crippen LogP) is 3.16. The second-order valence-corrected chi connectivity index (χ2v) is 9.66. The number of amides is 2. The first-order valence-electron chi connectivity index (χ1n) is 11.6. The Morgan fingerprint density at radius 1 is 1.23 bits per heavy atom. The molecule has 8 nitrogen and oxygen atoms in total. The van der Waals surface area contributed by atoms with E-state index in [2.05, 4.69) is 4.90 Å². The van der Waals surface area contributed by atoms with Gasteiger partial charge in [0.25, 0.3) is 0 Å². The number of hydrogen-bond acceptors (Lipinski definition) is 7. The molecule has 2 fully saturated rings. The molecular weight excluding hydrogens is 471 g/mol. The fraction of sp³-hybridized carbons (Fsp3) is 0.400. The van der Waals surface area contributed by atoms with Gasteiger partial charge < -0.3 is 14.4 Å². The van der Waals surface area contributed by atoms with Crippen molar-refractivity contribution in [2.75, 3.05) is 62.8 Å². The first-order valence-corrected chi connectivity index (χ1v) is 12.5. The summed E-state index contributed by atoms with van der Waals surface area (Å²) in [6, 6.07) is 11.4. The second kappa shape index (κ2) is 10.3. The number of morpholine rings is 1. The lowest BCUT2D eigenvalue weighted by Crippen LogP contribution is -2.45. The van der Waals surface area contributed by atoms with Crippen LogP contribution in [-0.4, -0.2) is 74.7 Å². The number of anilines is 2. The largest absolute Gasteiger partial charge is 0.497 e. The van der Waals surface area contributed by atoms with E-state index in [0.29, 0.717) is 42.9 Å². The summed E-state index contributed by atoms with van der Waals surface area (Å²) in [5.74, 6) is -0.426. The number of thiazole rings is 1. The molecule has 5 rings (SSSR count). The molecule has 0 aliphatic carbocycles. The van der Waals surface area contributed by atoms with Gasteiger partial charge in [0.15, 0.2) is 5.13 Å². The fourth-order valence-electron chi connectivity index (χ4n) is 4.47. The zero-order chi connectivity index (χ0) is 24.4. The van der Waals surface area contributed by atoms with Crippen LogP contribution >= 0.6 is 11.3 Å². The Balaban J connectivity index is 1.39. The minimum absolute atomic E-state index is 0.114. The molecule has 1 atom stereocenters. The zero-order valence-electron chi connectivity index (χ0n) is 19.5. The molecule has 2 amide bonds. The molecule has 2 aromatic carbocycles. The van der Waals surface area contributed by atoms with Crippen LogP contribution in [0.2, 0.25) is 0 Å². The van der Waals surface area contributed by atoms with E-state index in [0.717, 1.165) is 23.3 Å². The molecule has 1 unspecified atom stereocenters. The summed E-state index contributed by atoms with van der Waals surface area (Å²) in [6.45, 7) is 4.42. The Morgan fingerprint density at radius 2 is 2.00 bits per heavy atom. The highest BCUT2D eigenvalue weighted by molar-refractivity contribution is 7.22. The van der Waals surface area contributed by atoms with E-state index in [1.165, 1.54) is 23.5 Å². The minimum Gasteiger partial charge on any atom is -0.497 e. The number of carbonyl (C=O) groups excluding carboxylic acids is 2. The van der Waals surface area contributed by atoms with E-state index in [-0.39, 0.29) is 30.6 Å². The van der Waals surface area contributed by atoms with Gasteiger partial charge in [-0.05, 0) is 36.4 Å². The predicted molar refractivity (Wildman–Crippen MR) is 133 cm³/mol. The maximum atomic E-state index is 13.8. The molecule has 3 aromatic rings. The number of nitrogens with zero attached hydrogens (tertiary/aromatic N) is 4. The topological polar surface area (TPSA) is 75.2 Å². The molecule has 0 saturated carbocycles. The van der Waals surface area contributed by atoms with E-state index in [4.69, 9.17) is 14.5 Å². The van der Waals surface area contributed by atoms with Gasteiger partial charge in [0.2, 0.25) is 11.8 Å². The first-order chi connectivity index (χ1) is 17.0. The number of methoxy groups -OCH3 is 1. The van der Waals surface area contributed by atoms with Crippen molar-refractivity contribution >= 4 is 44.2 Å². The third kappa shape index (κ3) is 5.14. The maximum Gasteiger partial charge on any atom is 0.234 e.